The van der Waals surface area contributed by atoms with Crippen LogP contribution in [0.1, 0.15) is 23.7 Å². The number of fused-ring (bicyclic) bond motifs is 1. The molecule has 0 spiro atoms. The van der Waals surface area contributed by atoms with E-state index in [4.69, 9.17) is 4.74 Å². The molecule has 1 aromatic rings. The summed E-state index contributed by atoms with van der Waals surface area (Å²) in [6.07, 6.45) is 0.435. The van der Waals surface area contributed by atoms with Crippen molar-refractivity contribution >= 4 is 0 Å². The molecule has 0 radical (unpaired) electrons. The van der Waals surface area contributed by atoms with E-state index in [0.717, 1.165) is 36.4 Å². The number of hydrogen-bond donors (Lipinski definition) is 2. The molecule has 0 saturated carbocycles. The van der Waals surface area contributed by atoms with E-state index in [1.165, 1.54) is 0 Å². The van der Waals surface area contributed by atoms with Crippen LogP contribution in [0.2, 0.25) is 0 Å². The average molecular weight is 193 g/mol. The third-order valence-corrected chi connectivity index (χ3v) is 2.62. The van der Waals surface area contributed by atoms with E-state index >= 15 is 0 Å². The van der Waals surface area contributed by atoms with Gasteiger partial charge in [0.2, 0.25) is 0 Å². The molecule has 1 heterocycles. The quantitative estimate of drug-likeness (QED) is 0.704. The Kier molecular flexibility index (Phi) is 2.70. The normalized spacial score (nSPS) is 21.1. The summed E-state index contributed by atoms with van der Waals surface area (Å²) in [7, 11) is 1.66. The lowest BCUT2D eigenvalue weighted by molar-refractivity contribution is 0.170. The fourth-order valence-electron chi connectivity index (χ4n) is 1.80. The van der Waals surface area contributed by atoms with Gasteiger partial charge in [0.1, 0.15) is 5.75 Å². The second kappa shape index (κ2) is 3.98. The maximum atomic E-state index is 9.82. The SMILES string of the molecule is COc1ccc2c(c1)CNCCC2O. The third kappa shape index (κ3) is 1.74. The molecule has 0 aromatic heterocycles. The van der Waals surface area contributed by atoms with Crippen LogP contribution in [0, 0.1) is 0 Å². The first-order chi connectivity index (χ1) is 6.81. The van der Waals surface area contributed by atoms with Gasteiger partial charge in [-0.3, -0.25) is 0 Å². The summed E-state index contributed by atoms with van der Waals surface area (Å²) in [6, 6.07) is 5.83. The maximum Gasteiger partial charge on any atom is 0.119 e. The van der Waals surface area contributed by atoms with Gasteiger partial charge in [-0.25, -0.2) is 0 Å². The molecule has 0 aliphatic carbocycles. The molecule has 1 unspecified atom stereocenters. The van der Waals surface area contributed by atoms with Crippen molar-refractivity contribution in [3.05, 3.63) is 29.3 Å². The third-order valence-electron chi connectivity index (χ3n) is 2.62. The first kappa shape index (κ1) is 9.49. The average Bonchev–Trinajstić information content (AvgIpc) is 2.40. The molecule has 0 amide bonds. The van der Waals surface area contributed by atoms with E-state index in [9.17, 15) is 5.11 Å². The molecule has 3 nitrogen and oxygen atoms in total. The Balaban J connectivity index is 2.38. The first-order valence-corrected chi connectivity index (χ1v) is 4.87. The van der Waals surface area contributed by atoms with Gasteiger partial charge in [0, 0.05) is 6.54 Å². The van der Waals surface area contributed by atoms with Gasteiger partial charge < -0.3 is 15.2 Å². The van der Waals surface area contributed by atoms with Gasteiger partial charge in [-0.15, -0.1) is 0 Å². The Morgan fingerprint density at radius 2 is 2.36 bits per heavy atom. The van der Waals surface area contributed by atoms with Gasteiger partial charge in [-0.1, -0.05) is 6.07 Å². The Hall–Kier alpha value is -1.06. The topological polar surface area (TPSA) is 41.5 Å². The molecule has 0 bridgehead atoms. The van der Waals surface area contributed by atoms with Crippen molar-refractivity contribution in [3.8, 4) is 5.75 Å². The Labute approximate surface area is 83.7 Å². The summed E-state index contributed by atoms with van der Waals surface area (Å²) in [5.74, 6) is 0.847. The highest BCUT2D eigenvalue weighted by atomic mass is 16.5. The van der Waals surface area contributed by atoms with Crippen LogP contribution in [-0.4, -0.2) is 18.8 Å². The zero-order valence-electron chi connectivity index (χ0n) is 8.29. The summed E-state index contributed by atoms with van der Waals surface area (Å²) in [5.41, 5.74) is 2.16. The summed E-state index contributed by atoms with van der Waals surface area (Å²) < 4.78 is 5.15. The number of ether oxygens (including phenoxy) is 1. The van der Waals surface area contributed by atoms with Crippen molar-refractivity contribution in [1.29, 1.82) is 0 Å². The minimum absolute atomic E-state index is 0.342. The van der Waals surface area contributed by atoms with Crippen molar-refractivity contribution in [1.82, 2.24) is 5.32 Å². The van der Waals surface area contributed by atoms with Crippen molar-refractivity contribution in [2.45, 2.75) is 19.1 Å². The molecule has 1 aromatic carbocycles. The highest BCUT2D eigenvalue weighted by Crippen LogP contribution is 2.26. The largest absolute Gasteiger partial charge is 0.497 e. The van der Waals surface area contributed by atoms with Crippen LogP contribution in [0.25, 0.3) is 0 Å². The number of benzene rings is 1. The number of rotatable bonds is 1. The summed E-state index contributed by atoms with van der Waals surface area (Å²) in [6.45, 7) is 1.67. The van der Waals surface area contributed by atoms with Crippen LogP contribution in [0.4, 0.5) is 0 Å². The van der Waals surface area contributed by atoms with E-state index in [-0.39, 0.29) is 6.10 Å². The second-order valence-corrected chi connectivity index (χ2v) is 3.55. The van der Waals surface area contributed by atoms with Crippen molar-refractivity contribution in [2.75, 3.05) is 13.7 Å². The highest BCUT2D eigenvalue weighted by molar-refractivity contribution is 5.37. The Morgan fingerprint density at radius 1 is 1.50 bits per heavy atom. The fraction of sp³-hybridized carbons (Fsp3) is 0.455. The summed E-state index contributed by atoms with van der Waals surface area (Å²) >= 11 is 0. The smallest absolute Gasteiger partial charge is 0.119 e. The predicted molar refractivity (Wildman–Crippen MR) is 54.3 cm³/mol. The standard InChI is InChI=1S/C11H15NO2/c1-14-9-2-3-10-8(6-9)7-12-5-4-11(10)13/h2-3,6,11-13H,4-5,7H2,1H3. The number of aliphatic hydroxyl groups excluding tert-OH is 1. The zero-order chi connectivity index (χ0) is 9.97. The molecule has 0 saturated heterocycles. The van der Waals surface area contributed by atoms with Crippen LogP contribution in [0.3, 0.4) is 0 Å². The number of aliphatic hydroxyl groups is 1. The van der Waals surface area contributed by atoms with Crippen LogP contribution in [0.15, 0.2) is 18.2 Å². The maximum absolute atomic E-state index is 9.82. The first-order valence-electron chi connectivity index (χ1n) is 4.87. The van der Waals surface area contributed by atoms with E-state index in [1.54, 1.807) is 7.11 Å². The number of nitrogens with one attached hydrogen (secondary N) is 1. The lowest BCUT2D eigenvalue weighted by atomic mass is 10.0. The molecule has 2 N–H and O–H groups in total. The van der Waals surface area contributed by atoms with Crippen molar-refractivity contribution < 1.29 is 9.84 Å². The lowest BCUT2D eigenvalue weighted by Gasteiger charge is -2.11. The van der Waals surface area contributed by atoms with Gasteiger partial charge in [0.25, 0.3) is 0 Å². The monoisotopic (exact) mass is 193 g/mol. The molecular weight excluding hydrogens is 178 g/mol. The minimum Gasteiger partial charge on any atom is -0.497 e. The van der Waals surface area contributed by atoms with E-state index < -0.39 is 0 Å². The van der Waals surface area contributed by atoms with Gasteiger partial charge >= 0.3 is 0 Å². The molecule has 1 aliphatic heterocycles. The van der Waals surface area contributed by atoms with Crippen LogP contribution in [-0.2, 0) is 6.54 Å². The molecule has 2 rings (SSSR count). The number of methoxy groups -OCH3 is 1. The van der Waals surface area contributed by atoms with Gasteiger partial charge in [-0.05, 0) is 36.2 Å². The summed E-state index contributed by atoms with van der Waals surface area (Å²) in [5, 5.41) is 13.1. The van der Waals surface area contributed by atoms with Gasteiger partial charge in [-0.2, -0.15) is 0 Å². The summed E-state index contributed by atoms with van der Waals surface area (Å²) in [4.78, 5) is 0. The Bertz CT molecular complexity index is 325. The second-order valence-electron chi connectivity index (χ2n) is 3.55. The molecule has 14 heavy (non-hydrogen) atoms. The van der Waals surface area contributed by atoms with Gasteiger partial charge in [0.05, 0.1) is 13.2 Å². The molecule has 76 valence electrons. The highest BCUT2D eigenvalue weighted by Gasteiger charge is 2.15. The Morgan fingerprint density at radius 3 is 3.14 bits per heavy atom. The predicted octanol–water partition coefficient (Wildman–Crippen LogP) is 1.22. The zero-order valence-corrected chi connectivity index (χ0v) is 8.29. The van der Waals surface area contributed by atoms with E-state index in [1.807, 2.05) is 18.2 Å². The van der Waals surface area contributed by atoms with E-state index in [0.29, 0.717) is 0 Å². The molecule has 3 heteroatoms. The van der Waals surface area contributed by atoms with Crippen LogP contribution >= 0.6 is 0 Å². The van der Waals surface area contributed by atoms with Crippen molar-refractivity contribution in [2.24, 2.45) is 0 Å². The fourth-order valence-corrected chi connectivity index (χ4v) is 1.80. The molecule has 1 aliphatic rings. The molecular formula is C11H15NO2. The van der Waals surface area contributed by atoms with E-state index in [2.05, 4.69) is 5.32 Å². The van der Waals surface area contributed by atoms with Gasteiger partial charge in [0.15, 0.2) is 0 Å². The van der Waals surface area contributed by atoms with Crippen molar-refractivity contribution in [3.63, 3.8) is 0 Å². The van der Waals surface area contributed by atoms with Crippen LogP contribution in [0.5, 0.6) is 5.75 Å². The lowest BCUT2D eigenvalue weighted by Crippen LogP contribution is -2.12. The van der Waals surface area contributed by atoms with Crippen LogP contribution < -0.4 is 10.1 Å². The molecule has 1 atom stereocenters. The number of hydrogen-bond acceptors (Lipinski definition) is 3. The molecule has 0 fully saturated rings. The minimum atomic E-state index is -0.342.